The summed E-state index contributed by atoms with van der Waals surface area (Å²) in [5, 5.41) is 9.98. The number of nitrogens with one attached hydrogen (secondary N) is 2. The average molecular weight is 390 g/mol. The number of anilines is 2. The smallest absolute Gasteiger partial charge is 0.276 e. The molecule has 29 heavy (non-hydrogen) atoms. The number of benzene rings is 2. The maximum absolute atomic E-state index is 12.6. The number of fused-ring (bicyclic) bond motifs is 1. The Balaban J connectivity index is 1.47. The Bertz CT molecular complexity index is 1060. The molecule has 1 aliphatic heterocycles. The third-order valence-corrected chi connectivity index (χ3v) is 4.76. The number of nitrogens with zero attached hydrogens (tertiary/aromatic N) is 2. The highest BCUT2D eigenvalue weighted by Gasteiger charge is 2.24. The molecule has 2 amide bonds. The molecular formula is C22H22N4O3. The van der Waals surface area contributed by atoms with Gasteiger partial charge in [-0.3, -0.25) is 14.3 Å². The van der Waals surface area contributed by atoms with Crippen molar-refractivity contribution in [2.45, 2.75) is 33.1 Å². The van der Waals surface area contributed by atoms with Gasteiger partial charge >= 0.3 is 0 Å². The lowest BCUT2D eigenvalue weighted by Gasteiger charge is -2.24. The van der Waals surface area contributed by atoms with Crippen LogP contribution in [0.4, 0.5) is 11.4 Å². The first-order chi connectivity index (χ1) is 14.0. The van der Waals surface area contributed by atoms with Crippen molar-refractivity contribution in [2.24, 2.45) is 0 Å². The minimum atomic E-state index is -0.307. The first-order valence-electron chi connectivity index (χ1n) is 9.42. The van der Waals surface area contributed by atoms with Gasteiger partial charge in [-0.15, -0.1) is 0 Å². The van der Waals surface area contributed by atoms with Crippen LogP contribution in [0.25, 0.3) is 0 Å². The van der Waals surface area contributed by atoms with Gasteiger partial charge in [0.2, 0.25) is 5.91 Å². The highest BCUT2D eigenvalue weighted by molar-refractivity contribution is 6.03. The van der Waals surface area contributed by atoms with E-state index in [0.29, 0.717) is 30.2 Å². The summed E-state index contributed by atoms with van der Waals surface area (Å²) in [6, 6.07) is 17.0. The number of hydrogen-bond acceptors (Lipinski definition) is 4. The van der Waals surface area contributed by atoms with Crippen LogP contribution in [0.1, 0.15) is 40.3 Å². The van der Waals surface area contributed by atoms with Gasteiger partial charge in [0.25, 0.3) is 5.91 Å². The first kappa shape index (κ1) is 18.9. The van der Waals surface area contributed by atoms with E-state index in [1.165, 1.54) is 12.5 Å². The van der Waals surface area contributed by atoms with Crippen LogP contribution in [0.15, 0.2) is 54.6 Å². The number of carbonyl (C=O) groups excluding carboxylic acids is 2. The van der Waals surface area contributed by atoms with Crippen molar-refractivity contribution in [2.75, 3.05) is 10.6 Å². The Labute approximate surface area is 168 Å². The molecule has 2 N–H and O–H groups in total. The fourth-order valence-electron chi connectivity index (χ4n) is 3.29. The predicted octanol–water partition coefficient (Wildman–Crippen LogP) is 3.67. The van der Waals surface area contributed by atoms with Crippen molar-refractivity contribution in [1.29, 1.82) is 0 Å². The van der Waals surface area contributed by atoms with E-state index in [9.17, 15) is 9.59 Å². The molecule has 148 valence electrons. The molecule has 1 aromatic heterocycles. The summed E-state index contributed by atoms with van der Waals surface area (Å²) < 4.78 is 7.79. The predicted molar refractivity (Wildman–Crippen MR) is 110 cm³/mol. The number of aromatic nitrogens is 2. The topological polar surface area (TPSA) is 85.3 Å². The monoisotopic (exact) mass is 390 g/mol. The normalized spacial score (nSPS) is 15.4. The van der Waals surface area contributed by atoms with E-state index in [0.717, 1.165) is 11.3 Å². The zero-order chi connectivity index (χ0) is 20.4. The number of ether oxygens (including phenoxy) is 1. The van der Waals surface area contributed by atoms with Crippen LogP contribution in [-0.2, 0) is 22.7 Å². The Morgan fingerprint density at radius 1 is 1.07 bits per heavy atom. The first-order valence-corrected chi connectivity index (χ1v) is 9.42. The summed E-state index contributed by atoms with van der Waals surface area (Å²) in [7, 11) is 0. The molecule has 0 saturated carbocycles. The quantitative estimate of drug-likeness (QED) is 0.712. The fraction of sp³-hybridized carbons (Fsp3) is 0.227. The summed E-state index contributed by atoms with van der Waals surface area (Å²) in [5.41, 5.74) is 4.70. The van der Waals surface area contributed by atoms with Crippen molar-refractivity contribution >= 4 is 23.2 Å². The molecular weight excluding hydrogens is 368 g/mol. The molecule has 2 aromatic carbocycles. The standard InChI is InChI=1S/C22H22N4O3/c1-14-6-8-16(9-7-14)21-12-26-19(13-29-21)11-20(25-26)22(28)24-18-5-3-4-17(10-18)23-15(2)27/h3-11,21H,12-13H2,1-2H3,(H,23,27)(H,24,28)/t21-/m0/s1. The minimum Gasteiger partial charge on any atom is -0.365 e. The number of amides is 2. The number of aryl methyl sites for hydroxylation is 1. The van der Waals surface area contributed by atoms with Crippen molar-refractivity contribution in [3.63, 3.8) is 0 Å². The number of hydrogen-bond donors (Lipinski definition) is 2. The van der Waals surface area contributed by atoms with Crippen molar-refractivity contribution < 1.29 is 14.3 Å². The zero-order valence-corrected chi connectivity index (χ0v) is 16.3. The SMILES string of the molecule is CC(=O)Nc1cccc(NC(=O)c2cc3n(n2)C[C@@H](c2ccc(C)cc2)OC3)c1. The van der Waals surface area contributed by atoms with Crippen LogP contribution in [0, 0.1) is 6.92 Å². The molecule has 7 heteroatoms. The van der Waals surface area contributed by atoms with E-state index in [-0.39, 0.29) is 17.9 Å². The lowest BCUT2D eigenvalue weighted by molar-refractivity contribution is -0.114. The van der Waals surface area contributed by atoms with Crippen LogP contribution >= 0.6 is 0 Å². The lowest BCUT2D eigenvalue weighted by Crippen LogP contribution is -2.22. The summed E-state index contributed by atoms with van der Waals surface area (Å²) >= 11 is 0. The number of rotatable bonds is 4. The van der Waals surface area contributed by atoms with E-state index >= 15 is 0 Å². The van der Waals surface area contributed by atoms with Gasteiger partial charge in [-0.05, 0) is 36.8 Å². The molecule has 3 aromatic rings. The molecule has 0 bridgehead atoms. The summed E-state index contributed by atoms with van der Waals surface area (Å²) in [6.45, 7) is 4.45. The van der Waals surface area contributed by atoms with Gasteiger partial charge in [-0.25, -0.2) is 0 Å². The Morgan fingerprint density at radius 3 is 2.52 bits per heavy atom. The molecule has 1 aliphatic rings. The maximum Gasteiger partial charge on any atom is 0.276 e. The average Bonchev–Trinajstić information content (AvgIpc) is 3.12. The molecule has 0 unspecified atom stereocenters. The summed E-state index contributed by atoms with van der Waals surface area (Å²) in [5.74, 6) is -0.475. The Kier molecular flexibility index (Phi) is 5.14. The highest BCUT2D eigenvalue weighted by atomic mass is 16.5. The van der Waals surface area contributed by atoms with Crippen LogP contribution in [-0.4, -0.2) is 21.6 Å². The van der Waals surface area contributed by atoms with Gasteiger partial charge in [-0.2, -0.15) is 5.10 Å². The molecule has 0 spiro atoms. The van der Waals surface area contributed by atoms with Gasteiger partial charge in [0.05, 0.1) is 18.8 Å². The van der Waals surface area contributed by atoms with E-state index in [4.69, 9.17) is 4.74 Å². The second-order valence-electron chi connectivity index (χ2n) is 7.13. The van der Waals surface area contributed by atoms with Crippen LogP contribution in [0.5, 0.6) is 0 Å². The van der Waals surface area contributed by atoms with Gasteiger partial charge < -0.3 is 15.4 Å². The second kappa shape index (κ2) is 7.89. The summed E-state index contributed by atoms with van der Waals surface area (Å²) in [4.78, 5) is 23.8. The van der Waals surface area contributed by atoms with Crippen molar-refractivity contribution in [3.05, 3.63) is 77.1 Å². The highest BCUT2D eigenvalue weighted by Crippen LogP contribution is 2.27. The molecule has 4 rings (SSSR count). The van der Waals surface area contributed by atoms with E-state index in [1.807, 2.05) is 11.6 Å². The van der Waals surface area contributed by atoms with Gasteiger partial charge in [0.15, 0.2) is 5.69 Å². The van der Waals surface area contributed by atoms with Gasteiger partial charge in [0.1, 0.15) is 6.10 Å². The zero-order valence-electron chi connectivity index (χ0n) is 16.3. The lowest BCUT2D eigenvalue weighted by atomic mass is 10.1. The molecule has 1 atom stereocenters. The minimum absolute atomic E-state index is 0.0896. The fourth-order valence-corrected chi connectivity index (χ4v) is 3.29. The Morgan fingerprint density at radius 2 is 1.79 bits per heavy atom. The molecule has 0 fully saturated rings. The summed E-state index contributed by atoms with van der Waals surface area (Å²) in [6.07, 6.45) is -0.0896. The van der Waals surface area contributed by atoms with Gasteiger partial charge in [0, 0.05) is 18.3 Å². The second-order valence-corrected chi connectivity index (χ2v) is 7.13. The van der Waals surface area contributed by atoms with Crippen LogP contribution < -0.4 is 10.6 Å². The maximum atomic E-state index is 12.6. The Hall–Kier alpha value is -3.45. The van der Waals surface area contributed by atoms with Crippen LogP contribution in [0.2, 0.25) is 0 Å². The molecule has 0 aliphatic carbocycles. The van der Waals surface area contributed by atoms with E-state index < -0.39 is 0 Å². The van der Waals surface area contributed by atoms with Crippen molar-refractivity contribution in [1.82, 2.24) is 9.78 Å². The third-order valence-electron chi connectivity index (χ3n) is 4.76. The molecule has 7 nitrogen and oxygen atoms in total. The largest absolute Gasteiger partial charge is 0.365 e. The van der Waals surface area contributed by atoms with Gasteiger partial charge in [-0.1, -0.05) is 35.9 Å². The van der Waals surface area contributed by atoms with Crippen molar-refractivity contribution in [3.8, 4) is 0 Å². The third kappa shape index (κ3) is 4.35. The van der Waals surface area contributed by atoms with Crippen LogP contribution in [0.3, 0.4) is 0 Å². The molecule has 0 saturated heterocycles. The molecule has 0 radical (unpaired) electrons. The van der Waals surface area contributed by atoms with E-state index in [1.54, 1.807) is 30.3 Å². The van der Waals surface area contributed by atoms with E-state index in [2.05, 4.69) is 40.0 Å². The molecule has 2 heterocycles. The number of carbonyl (C=O) groups is 2.